The third-order valence-corrected chi connectivity index (χ3v) is 4.90. The normalized spacial score (nSPS) is 12.0. The molecule has 0 saturated heterocycles. The first-order valence-electron chi connectivity index (χ1n) is 7.87. The lowest BCUT2D eigenvalue weighted by Crippen LogP contribution is -2.35. The number of hydrogen-bond donors (Lipinski definition) is 1. The monoisotopic (exact) mass is 373 g/mol. The Kier molecular flexibility index (Phi) is 4.90. The molecule has 3 aromatic heterocycles. The molecule has 3 rings (SSSR count). The van der Waals surface area contributed by atoms with Crippen LogP contribution >= 0.6 is 11.3 Å². The van der Waals surface area contributed by atoms with Crippen LogP contribution in [0.4, 0.5) is 0 Å². The van der Waals surface area contributed by atoms with E-state index in [2.05, 4.69) is 15.3 Å². The molecule has 0 unspecified atom stereocenters. The predicted octanol–water partition coefficient (Wildman–Crippen LogP) is 1.93. The number of nitrogens with one attached hydrogen (secondary N) is 1. The van der Waals surface area contributed by atoms with Crippen LogP contribution in [0, 0.1) is 13.8 Å². The van der Waals surface area contributed by atoms with E-state index in [1.54, 1.807) is 30.2 Å². The standard InChI is InChI=1S/C17H19N5O3S/c1-10-7-12(11(2)22(10)17-19-5-6-26-17)15(23)20-14(16(24)25-4)13-8-18-9-21(13)3/h5-9,14H,1-4H3,(H,20,23)/t14-/m1/s1. The summed E-state index contributed by atoms with van der Waals surface area (Å²) in [6.45, 7) is 3.75. The molecule has 0 aliphatic rings. The SMILES string of the molecule is COC(=O)[C@H](NC(=O)c1cc(C)n(-c2nccs2)c1C)c1cncn1C. The summed E-state index contributed by atoms with van der Waals surface area (Å²) < 4.78 is 8.42. The molecule has 1 amide bonds. The van der Waals surface area contributed by atoms with Crippen LogP contribution in [-0.2, 0) is 16.6 Å². The first-order chi connectivity index (χ1) is 12.4. The summed E-state index contributed by atoms with van der Waals surface area (Å²) in [5.41, 5.74) is 2.66. The van der Waals surface area contributed by atoms with Crippen LogP contribution in [0.25, 0.3) is 5.13 Å². The summed E-state index contributed by atoms with van der Waals surface area (Å²) in [6.07, 6.45) is 4.81. The van der Waals surface area contributed by atoms with E-state index < -0.39 is 12.0 Å². The second-order valence-corrected chi connectivity index (χ2v) is 6.67. The average molecular weight is 373 g/mol. The summed E-state index contributed by atoms with van der Waals surface area (Å²) >= 11 is 1.49. The number of rotatable bonds is 5. The zero-order valence-electron chi connectivity index (χ0n) is 14.9. The van der Waals surface area contributed by atoms with Gasteiger partial charge in [-0.25, -0.2) is 14.8 Å². The number of hydrogen-bond acceptors (Lipinski definition) is 6. The Balaban J connectivity index is 1.93. The van der Waals surface area contributed by atoms with Gasteiger partial charge in [0.25, 0.3) is 5.91 Å². The summed E-state index contributed by atoms with van der Waals surface area (Å²) in [4.78, 5) is 33.3. The molecule has 1 N–H and O–H groups in total. The van der Waals surface area contributed by atoms with E-state index in [0.717, 1.165) is 16.5 Å². The molecule has 9 heteroatoms. The second-order valence-electron chi connectivity index (χ2n) is 5.79. The number of amides is 1. The van der Waals surface area contributed by atoms with Gasteiger partial charge >= 0.3 is 5.97 Å². The maximum absolute atomic E-state index is 12.9. The van der Waals surface area contributed by atoms with E-state index in [0.29, 0.717) is 11.3 Å². The van der Waals surface area contributed by atoms with Gasteiger partial charge in [-0.2, -0.15) is 0 Å². The largest absolute Gasteiger partial charge is 0.467 e. The molecule has 0 radical (unpaired) electrons. The fourth-order valence-electron chi connectivity index (χ4n) is 2.84. The Morgan fingerprint density at radius 1 is 1.35 bits per heavy atom. The Morgan fingerprint density at radius 2 is 2.12 bits per heavy atom. The predicted molar refractivity (Wildman–Crippen MR) is 96.3 cm³/mol. The van der Waals surface area contributed by atoms with Crippen LogP contribution < -0.4 is 5.32 Å². The van der Waals surface area contributed by atoms with Gasteiger partial charge in [0.2, 0.25) is 0 Å². The fraction of sp³-hybridized carbons (Fsp3) is 0.294. The maximum atomic E-state index is 12.9. The summed E-state index contributed by atoms with van der Waals surface area (Å²) in [7, 11) is 3.03. The average Bonchev–Trinajstić information content (AvgIpc) is 3.33. The van der Waals surface area contributed by atoms with Crippen LogP contribution in [0.1, 0.15) is 33.5 Å². The molecule has 0 spiro atoms. The molecule has 0 fully saturated rings. The Bertz CT molecular complexity index is 942. The molecule has 0 aromatic carbocycles. The number of aryl methyl sites for hydroxylation is 2. The van der Waals surface area contributed by atoms with Crippen LogP contribution in [0.5, 0.6) is 0 Å². The number of carbonyl (C=O) groups is 2. The molecule has 0 aliphatic heterocycles. The fourth-order valence-corrected chi connectivity index (χ4v) is 3.59. The van der Waals surface area contributed by atoms with Crippen molar-refractivity contribution in [3.8, 4) is 5.13 Å². The minimum atomic E-state index is -0.942. The Labute approximate surface area is 154 Å². The van der Waals surface area contributed by atoms with E-state index >= 15 is 0 Å². The highest BCUT2D eigenvalue weighted by Crippen LogP contribution is 2.23. The number of esters is 1. The van der Waals surface area contributed by atoms with Gasteiger partial charge in [0.05, 0.1) is 30.9 Å². The van der Waals surface area contributed by atoms with Gasteiger partial charge in [0.1, 0.15) is 0 Å². The van der Waals surface area contributed by atoms with E-state index in [-0.39, 0.29) is 5.91 Å². The molecule has 0 saturated carbocycles. The van der Waals surface area contributed by atoms with Gasteiger partial charge in [-0.1, -0.05) is 0 Å². The molecule has 136 valence electrons. The minimum Gasteiger partial charge on any atom is -0.467 e. The molecule has 1 atom stereocenters. The Morgan fingerprint density at radius 3 is 2.69 bits per heavy atom. The third kappa shape index (κ3) is 3.13. The van der Waals surface area contributed by atoms with E-state index in [1.807, 2.05) is 23.8 Å². The lowest BCUT2D eigenvalue weighted by atomic mass is 10.1. The van der Waals surface area contributed by atoms with Crippen LogP contribution in [0.2, 0.25) is 0 Å². The maximum Gasteiger partial charge on any atom is 0.334 e. The molecule has 3 aromatic rings. The smallest absolute Gasteiger partial charge is 0.334 e. The van der Waals surface area contributed by atoms with Crippen molar-refractivity contribution in [2.24, 2.45) is 7.05 Å². The zero-order chi connectivity index (χ0) is 18.8. The van der Waals surface area contributed by atoms with Crippen LogP contribution in [0.3, 0.4) is 0 Å². The van der Waals surface area contributed by atoms with E-state index in [9.17, 15) is 9.59 Å². The van der Waals surface area contributed by atoms with Gasteiger partial charge in [0.15, 0.2) is 11.2 Å². The summed E-state index contributed by atoms with van der Waals surface area (Å²) in [5, 5.41) is 5.42. The number of nitrogens with zero attached hydrogens (tertiary/aromatic N) is 4. The van der Waals surface area contributed by atoms with Crippen molar-refractivity contribution in [1.29, 1.82) is 0 Å². The van der Waals surface area contributed by atoms with Gasteiger partial charge in [-0.15, -0.1) is 11.3 Å². The molecule has 0 bridgehead atoms. The van der Waals surface area contributed by atoms with Crippen molar-refractivity contribution in [3.05, 3.63) is 52.8 Å². The second kappa shape index (κ2) is 7.12. The number of methoxy groups -OCH3 is 1. The van der Waals surface area contributed by atoms with Gasteiger partial charge in [-0.3, -0.25) is 9.36 Å². The number of ether oxygens (including phenoxy) is 1. The molecular formula is C17H19N5O3S. The molecule has 8 nitrogen and oxygen atoms in total. The summed E-state index contributed by atoms with van der Waals surface area (Å²) in [5.74, 6) is -0.923. The van der Waals surface area contributed by atoms with Crippen LogP contribution in [-0.4, -0.2) is 38.1 Å². The van der Waals surface area contributed by atoms with Crippen molar-refractivity contribution in [1.82, 2.24) is 24.4 Å². The number of aromatic nitrogens is 4. The van der Waals surface area contributed by atoms with E-state index in [1.165, 1.54) is 24.6 Å². The zero-order valence-corrected chi connectivity index (χ0v) is 15.7. The first kappa shape index (κ1) is 17.9. The quantitative estimate of drug-likeness (QED) is 0.690. The highest BCUT2D eigenvalue weighted by molar-refractivity contribution is 7.12. The van der Waals surface area contributed by atoms with Crippen molar-refractivity contribution >= 4 is 23.2 Å². The molecular weight excluding hydrogens is 354 g/mol. The highest BCUT2D eigenvalue weighted by atomic mass is 32.1. The number of thiazole rings is 1. The van der Waals surface area contributed by atoms with Crippen molar-refractivity contribution < 1.29 is 14.3 Å². The lowest BCUT2D eigenvalue weighted by molar-refractivity contribution is -0.143. The molecule has 0 aliphatic carbocycles. The number of imidazole rings is 1. The molecule has 26 heavy (non-hydrogen) atoms. The van der Waals surface area contributed by atoms with Gasteiger partial charge in [0, 0.05) is 30.0 Å². The third-order valence-electron chi connectivity index (χ3n) is 4.15. The van der Waals surface area contributed by atoms with Crippen molar-refractivity contribution in [2.75, 3.05) is 7.11 Å². The van der Waals surface area contributed by atoms with E-state index in [4.69, 9.17) is 4.74 Å². The molecule has 3 heterocycles. The number of carbonyl (C=O) groups excluding carboxylic acids is 2. The Hall–Kier alpha value is -2.94. The minimum absolute atomic E-state index is 0.363. The van der Waals surface area contributed by atoms with Gasteiger partial charge < -0.3 is 14.6 Å². The van der Waals surface area contributed by atoms with Crippen molar-refractivity contribution in [3.63, 3.8) is 0 Å². The highest BCUT2D eigenvalue weighted by Gasteiger charge is 2.28. The summed E-state index contributed by atoms with van der Waals surface area (Å²) in [6, 6.07) is 0.840. The lowest BCUT2D eigenvalue weighted by Gasteiger charge is -2.17. The topological polar surface area (TPSA) is 91.0 Å². The first-order valence-corrected chi connectivity index (χ1v) is 8.75. The van der Waals surface area contributed by atoms with Crippen LogP contribution in [0.15, 0.2) is 30.2 Å². The van der Waals surface area contributed by atoms with Gasteiger partial charge in [-0.05, 0) is 19.9 Å². The van der Waals surface area contributed by atoms with Crippen molar-refractivity contribution in [2.45, 2.75) is 19.9 Å².